The van der Waals surface area contributed by atoms with Crippen molar-refractivity contribution in [2.75, 3.05) is 13.7 Å². The Hall–Kier alpha value is -2.28. The number of rotatable bonds is 5. The van der Waals surface area contributed by atoms with E-state index < -0.39 is 30.6 Å². The maximum atomic E-state index is 11.6. The molecule has 0 aliphatic heterocycles. The van der Waals surface area contributed by atoms with Gasteiger partial charge >= 0.3 is 12.0 Å². The second kappa shape index (κ2) is 8.23. The Labute approximate surface area is 132 Å². The van der Waals surface area contributed by atoms with Crippen LogP contribution in [0.3, 0.4) is 0 Å². The van der Waals surface area contributed by atoms with Crippen LogP contribution in [0.1, 0.15) is 12.5 Å². The molecule has 0 heterocycles. The van der Waals surface area contributed by atoms with Crippen LogP contribution in [0, 0.1) is 6.92 Å². The fourth-order valence-corrected chi connectivity index (χ4v) is 1.59. The van der Waals surface area contributed by atoms with Gasteiger partial charge in [0.05, 0.1) is 5.02 Å². The number of ether oxygens (including phenoxy) is 2. The van der Waals surface area contributed by atoms with Gasteiger partial charge in [-0.3, -0.25) is 10.1 Å². The standard InChI is InChI=1S/C14H17ClN2O5/c1-8-4-5-10(15)11(6-8)21-7-12(18)22-9(2)13(19)17-14(20)16-3/h4-6,9H,7H2,1-3H3,(H2,16,17,19,20)/t9-/m1/s1. The molecule has 1 aromatic rings. The van der Waals surface area contributed by atoms with Gasteiger partial charge in [0.15, 0.2) is 12.7 Å². The van der Waals surface area contributed by atoms with Gasteiger partial charge in [0, 0.05) is 7.05 Å². The molecule has 3 amide bonds. The summed E-state index contributed by atoms with van der Waals surface area (Å²) in [7, 11) is 1.36. The second-order valence-electron chi connectivity index (χ2n) is 4.42. The van der Waals surface area contributed by atoms with Gasteiger partial charge in [-0.1, -0.05) is 17.7 Å². The zero-order valence-corrected chi connectivity index (χ0v) is 13.2. The number of hydrogen-bond acceptors (Lipinski definition) is 5. The van der Waals surface area contributed by atoms with Crippen LogP contribution in [-0.2, 0) is 14.3 Å². The number of nitrogens with one attached hydrogen (secondary N) is 2. The number of hydrogen-bond donors (Lipinski definition) is 2. The van der Waals surface area contributed by atoms with Crippen LogP contribution in [0.25, 0.3) is 0 Å². The summed E-state index contributed by atoms with van der Waals surface area (Å²) in [5.74, 6) is -1.14. The molecule has 22 heavy (non-hydrogen) atoms. The van der Waals surface area contributed by atoms with E-state index in [1.807, 2.05) is 12.2 Å². The lowest BCUT2D eigenvalue weighted by Gasteiger charge is -2.13. The van der Waals surface area contributed by atoms with Crippen molar-refractivity contribution in [2.24, 2.45) is 0 Å². The molecule has 0 aliphatic rings. The predicted octanol–water partition coefficient (Wildman–Crippen LogP) is 1.41. The number of urea groups is 1. The third-order valence-corrected chi connectivity index (χ3v) is 2.89. The van der Waals surface area contributed by atoms with Crippen molar-refractivity contribution >= 4 is 29.5 Å². The Bertz CT molecular complexity index is 576. The van der Waals surface area contributed by atoms with Crippen molar-refractivity contribution in [3.63, 3.8) is 0 Å². The lowest BCUT2D eigenvalue weighted by Crippen LogP contribution is -2.43. The summed E-state index contributed by atoms with van der Waals surface area (Å²) in [5, 5.41) is 4.57. The van der Waals surface area contributed by atoms with Gasteiger partial charge in [-0.2, -0.15) is 0 Å². The molecule has 0 saturated heterocycles. The van der Waals surface area contributed by atoms with E-state index >= 15 is 0 Å². The van der Waals surface area contributed by atoms with E-state index in [2.05, 4.69) is 5.32 Å². The Kier molecular flexibility index (Phi) is 6.65. The SMILES string of the molecule is CNC(=O)NC(=O)[C@@H](C)OC(=O)COc1cc(C)ccc1Cl. The highest BCUT2D eigenvalue weighted by Gasteiger charge is 2.20. The minimum Gasteiger partial charge on any atom is -0.480 e. The molecule has 1 rings (SSSR count). The monoisotopic (exact) mass is 328 g/mol. The highest BCUT2D eigenvalue weighted by Crippen LogP contribution is 2.25. The van der Waals surface area contributed by atoms with Gasteiger partial charge in [-0.15, -0.1) is 0 Å². The molecule has 0 unspecified atom stereocenters. The van der Waals surface area contributed by atoms with E-state index in [0.29, 0.717) is 10.8 Å². The van der Waals surface area contributed by atoms with Crippen LogP contribution in [0.2, 0.25) is 5.02 Å². The molecule has 1 aromatic carbocycles. The summed E-state index contributed by atoms with van der Waals surface area (Å²) in [6.07, 6.45) is -1.12. The molecule has 0 saturated carbocycles. The molecule has 7 nitrogen and oxygen atoms in total. The van der Waals surface area contributed by atoms with Gasteiger partial charge in [-0.25, -0.2) is 9.59 Å². The summed E-state index contributed by atoms with van der Waals surface area (Å²) in [6.45, 7) is 2.79. The number of amides is 3. The first-order valence-electron chi connectivity index (χ1n) is 6.44. The molecule has 0 aromatic heterocycles. The van der Waals surface area contributed by atoms with Crippen molar-refractivity contribution in [2.45, 2.75) is 20.0 Å². The summed E-state index contributed by atoms with van der Waals surface area (Å²) in [4.78, 5) is 34.1. The molecule has 120 valence electrons. The summed E-state index contributed by atoms with van der Waals surface area (Å²) >= 11 is 5.92. The van der Waals surface area contributed by atoms with Crippen LogP contribution in [-0.4, -0.2) is 37.7 Å². The lowest BCUT2D eigenvalue weighted by atomic mass is 10.2. The van der Waals surface area contributed by atoms with Crippen LogP contribution >= 0.6 is 11.6 Å². The number of halogens is 1. The normalized spacial score (nSPS) is 11.3. The molecule has 0 fully saturated rings. The first-order chi connectivity index (χ1) is 10.3. The first kappa shape index (κ1) is 17.8. The zero-order chi connectivity index (χ0) is 16.7. The van der Waals surface area contributed by atoms with Crippen molar-refractivity contribution < 1.29 is 23.9 Å². The van der Waals surface area contributed by atoms with E-state index in [1.165, 1.54) is 14.0 Å². The Morgan fingerprint density at radius 2 is 2.00 bits per heavy atom. The molecule has 1 atom stereocenters. The van der Waals surface area contributed by atoms with E-state index in [1.54, 1.807) is 18.2 Å². The maximum absolute atomic E-state index is 11.6. The third-order valence-electron chi connectivity index (χ3n) is 2.57. The van der Waals surface area contributed by atoms with Crippen LogP contribution < -0.4 is 15.4 Å². The second-order valence-corrected chi connectivity index (χ2v) is 4.83. The molecular formula is C14H17ClN2O5. The number of carbonyl (C=O) groups is 3. The number of carbonyl (C=O) groups excluding carboxylic acids is 3. The quantitative estimate of drug-likeness (QED) is 0.797. The number of aryl methyl sites for hydroxylation is 1. The highest BCUT2D eigenvalue weighted by molar-refractivity contribution is 6.32. The number of benzene rings is 1. The molecule has 0 spiro atoms. The molecule has 8 heteroatoms. The lowest BCUT2D eigenvalue weighted by molar-refractivity contribution is -0.156. The zero-order valence-electron chi connectivity index (χ0n) is 12.4. The fourth-order valence-electron chi connectivity index (χ4n) is 1.42. The summed E-state index contributed by atoms with van der Waals surface area (Å²) < 4.78 is 10.1. The molecular weight excluding hydrogens is 312 g/mol. The van der Waals surface area contributed by atoms with Gasteiger partial charge in [0.25, 0.3) is 5.91 Å². The van der Waals surface area contributed by atoms with Crippen molar-refractivity contribution in [3.05, 3.63) is 28.8 Å². The third kappa shape index (κ3) is 5.61. The number of imide groups is 1. The Morgan fingerprint density at radius 1 is 1.32 bits per heavy atom. The van der Waals surface area contributed by atoms with Gasteiger partial charge in [-0.05, 0) is 31.5 Å². The Balaban J connectivity index is 2.47. The molecule has 0 bridgehead atoms. The molecule has 2 N–H and O–H groups in total. The predicted molar refractivity (Wildman–Crippen MR) is 79.8 cm³/mol. The Morgan fingerprint density at radius 3 is 2.64 bits per heavy atom. The fraction of sp³-hybridized carbons (Fsp3) is 0.357. The molecule has 0 radical (unpaired) electrons. The topological polar surface area (TPSA) is 93.7 Å². The van der Waals surface area contributed by atoms with Crippen molar-refractivity contribution in [1.82, 2.24) is 10.6 Å². The van der Waals surface area contributed by atoms with Gasteiger partial charge in [0.1, 0.15) is 5.75 Å². The largest absolute Gasteiger partial charge is 0.480 e. The van der Waals surface area contributed by atoms with Crippen LogP contribution in [0.15, 0.2) is 18.2 Å². The average Bonchev–Trinajstić information content (AvgIpc) is 2.47. The summed E-state index contributed by atoms with van der Waals surface area (Å²) in [5.41, 5.74) is 0.922. The van der Waals surface area contributed by atoms with E-state index in [4.69, 9.17) is 21.1 Å². The minimum absolute atomic E-state index is 0.348. The van der Waals surface area contributed by atoms with Crippen molar-refractivity contribution in [1.29, 1.82) is 0 Å². The van der Waals surface area contributed by atoms with Gasteiger partial charge in [0.2, 0.25) is 0 Å². The van der Waals surface area contributed by atoms with Crippen LogP contribution in [0.4, 0.5) is 4.79 Å². The molecule has 0 aliphatic carbocycles. The average molecular weight is 329 g/mol. The maximum Gasteiger partial charge on any atom is 0.344 e. The van der Waals surface area contributed by atoms with E-state index in [9.17, 15) is 14.4 Å². The van der Waals surface area contributed by atoms with E-state index in [-0.39, 0.29) is 0 Å². The first-order valence-corrected chi connectivity index (χ1v) is 6.82. The van der Waals surface area contributed by atoms with Gasteiger partial charge < -0.3 is 14.8 Å². The van der Waals surface area contributed by atoms with Crippen LogP contribution in [0.5, 0.6) is 5.75 Å². The van der Waals surface area contributed by atoms with Crippen molar-refractivity contribution in [3.8, 4) is 5.75 Å². The number of esters is 1. The minimum atomic E-state index is -1.12. The summed E-state index contributed by atoms with van der Waals surface area (Å²) in [6, 6.07) is 4.45. The highest BCUT2D eigenvalue weighted by atomic mass is 35.5. The smallest absolute Gasteiger partial charge is 0.344 e. The van der Waals surface area contributed by atoms with E-state index in [0.717, 1.165) is 5.56 Å².